The van der Waals surface area contributed by atoms with Gasteiger partial charge < -0.3 is 19.8 Å². The minimum Gasteiger partial charge on any atom is -0.444 e. The maximum absolute atomic E-state index is 5.57. The fourth-order valence-corrected chi connectivity index (χ4v) is 2.19. The van der Waals surface area contributed by atoms with Crippen molar-refractivity contribution in [1.29, 1.82) is 0 Å². The Labute approximate surface area is 143 Å². The molecule has 2 rings (SSSR count). The Morgan fingerprint density at radius 2 is 1.88 bits per heavy atom. The molecule has 1 aromatic heterocycles. The summed E-state index contributed by atoms with van der Waals surface area (Å²) in [6.45, 7) is 8.42. The van der Waals surface area contributed by atoms with Crippen LogP contribution in [0.1, 0.15) is 35.4 Å². The highest BCUT2D eigenvalue weighted by Crippen LogP contribution is 2.08. The van der Waals surface area contributed by atoms with Crippen LogP contribution in [-0.4, -0.2) is 24.6 Å². The topological polar surface area (TPSA) is 71.7 Å². The van der Waals surface area contributed by atoms with Crippen molar-refractivity contribution >= 4 is 5.96 Å². The van der Waals surface area contributed by atoms with E-state index < -0.39 is 0 Å². The first-order valence-corrected chi connectivity index (χ1v) is 8.14. The molecule has 24 heavy (non-hydrogen) atoms. The van der Waals surface area contributed by atoms with Crippen LogP contribution in [0.15, 0.2) is 33.7 Å². The van der Waals surface area contributed by atoms with E-state index in [0.29, 0.717) is 25.6 Å². The highest BCUT2D eigenvalue weighted by Gasteiger charge is 2.06. The van der Waals surface area contributed by atoms with Gasteiger partial charge in [-0.05, 0) is 31.9 Å². The Kier molecular flexibility index (Phi) is 6.81. The molecule has 0 radical (unpaired) electrons. The van der Waals surface area contributed by atoms with Crippen molar-refractivity contribution in [3.63, 3.8) is 0 Å². The molecule has 0 atom stereocenters. The molecule has 1 heterocycles. The summed E-state index contributed by atoms with van der Waals surface area (Å²) in [5.41, 5.74) is 3.23. The second-order valence-corrected chi connectivity index (χ2v) is 5.55. The fraction of sp³-hybridized carbons (Fsp3) is 0.444. The van der Waals surface area contributed by atoms with Crippen molar-refractivity contribution in [1.82, 2.24) is 15.6 Å². The van der Waals surface area contributed by atoms with Crippen molar-refractivity contribution < 1.29 is 9.15 Å². The Hall–Kier alpha value is -2.34. The van der Waals surface area contributed by atoms with Crippen molar-refractivity contribution in [2.45, 2.75) is 40.5 Å². The molecule has 0 amide bonds. The second kappa shape index (κ2) is 9.08. The quantitative estimate of drug-likeness (QED) is 0.603. The van der Waals surface area contributed by atoms with Gasteiger partial charge in [-0.25, -0.2) is 9.98 Å². The Bertz CT molecular complexity index is 643. The number of hydrogen-bond donors (Lipinski definition) is 2. The van der Waals surface area contributed by atoms with Gasteiger partial charge in [0.2, 0.25) is 5.89 Å². The van der Waals surface area contributed by atoms with E-state index in [1.165, 1.54) is 0 Å². The number of rotatable bonds is 7. The number of ether oxygens (including phenoxy) is 1. The Morgan fingerprint density at radius 1 is 1.17 bits per heavy atom. The van der Waals surface area contributed by atoms with Gasteiger partial charge in [-0.2, -0.15) is 0 Å². The number of methoxy groups -OCH3 is 1. The first-order chi connectivity index (χ1) is 11.6. The molecular formula is C18H26N4O2. The smallest absolute Gasteiger partial charge is 0.214 e. The van der Waals surface area contributed by atoms with Gasteiger partial charge in [-0.15, -0.1) is 0 Å². The first kappa shape index (κ1) is 18.0. The van der Waals surface area contributed by atoms with Crippen LogP contribution in [0, 0.1) is 13.8 Å². The van der Waals surface area contributed by atoms with E-state index in [0.717, 1.165) is 35.1 Å². The molecule has 6 nitrogen and oxygen atoms in total. The van der Waals surface area contributed by atoms with Crippen LogP contribution in [0.5, 0.6) is 0 Å². The van der Waals surface area contributed by atoms with Gasteiger partial charge in [0.05, 0.1) is 25.4 Å². The number of hydrogen-bond acceptors (Lipinski definition) is 4. The number of aromatic nitrogens is 1. The van der Waals surface area contributed by atoms with E-state index in [4.69, 9.17) is 9.15 Å². The molecule has 0 bridgehead atoms. The predicted molar refractivity (Wildman–Crippen MR) is 94.8 cm³/mol. The minimum absolute atomic E-state index is 0.507. The maximum Gasteiger partial charge on any atom is 0.214 e. The van der Waals surface area contributed by atoms with Gasteiger partial charge in [0.25, 0.3) is 0 Å². The van der Waals surface area contributed by atoms with Crippen molar-refractivity contribution in [2.24, 2.45) is 4.99 Å². The molecule has 0 aliphatic carbocycles. The lowest BCUT2D eigenvalue weighted by molar-refractivity contribution is 0.185. The largest absolute Gasteiger partial charge is 0.444 e. The molecule has 0 saturated heterocycles. The summed E-state index contributed by atoms with van der Waals surface area (Å²) in [6, 6.07) is 8.27. The minimum atomic E-state index is 0.507. The van der Waals surface area contributed by atoms with E-state index >= 15 is 0 Å². The zero-order valence-electron chi connectivity index (χ0n) is 14.8. The summed E-state index contributed by atoms with van der Waals surface area (Å²) in [4.78, 5) is 8.96. The van der Waals surface area contributed by atoms with Crippen LogP contribution in [0.3, 0.4) is 0 Å². The molecule has 0 aliphatic rings. The summed E-state index contributed by atoms with van der Waals surface area (Å²) < 4.78 is 10.7. The lowest BCUT2D eigenvalue weighted by atomic mass is 10.1. The van der Waals surface area contributed by atoms with Crippen LogP contribution in [0.4, 0.5) is 0 Å². The van der Waals surface area contributed by atoms with Crippen LogP contribution < -0.4 is 10.6 Å². The molecule has 130 valence electrons. The number of aliphatic imine (C=N–C) groups is 1. The Morgan fingerprint density at radius 3 is 2.46 bits per heavy atom. The average Bonchev–Trinajstić information content (AvgIpc) is 2.90. The normalized spacial score (nSPS) is 11.6. The first-order valence-electron chi connectivity index (χ1n) is 8.14. The zero-order chi connectivity index (χ0) is 17.4. The van der Waals surface area contributed by atoms with Gasteiger partial charge in [-0.1, -0.05) is 24.3 Å². The average molecular weight is 330 g/mol. The van der Waals surface area contributed by atoms with Crippen LogP contribution in [0.2, 0.25) is 0 Å². The summed E-state index contributed by atoms with van der Waals surface area (Å²) in [5, 5.41) is 6.47. The molecule has 2 N–H and O–H groups in total. The van der Waals surface area contributed by atoms with Crippen molar-refractivity contribution in [3.05, 3.63) is 52.7 Å². The lowest BCUT2D eigenvalue weighted by Crippen LogP contribution is -2.36. The molecule has 2 aromatic rings. The van der Waals surface area contributed by atoms with E-state index in [1.807, 2.05) is 20.8 Å². The third-order valence-electron chi connectivity index (χ3n) is 3.58. The monoisotopic (exact) mass is 330 g/mol. The standard InChI is InChI=1S/C18H26N4O2/c1-5-19-18(21-11-17-22-13(2)14(3)24-17)20-10-15-6-8-16(9-7-15)12-23-4/h6-9H,5,10-12H2,1-4H3,(H2,19,20,21). The van der Waals surface area contributed by atoms with Gasteiger partial charge in [0.15, 0.2) is 5.96 Å². The van der Waals surface area contributed by atoms with E-state index in [-0.39, 0.29) is 0 Å². The lowest BCUT2D eigenvalue weighted by Gasteiger charge is -2.10. The molecule has 0 aliphatic heterocycles. The number of nitrogens with zero attached hydrogens (tertiary/aromatic N) is 2. The van der Waals surface area contributed by atoms with E-state index in [1.54, 1.807) is 7.11 Å². The molecule has 0 fully saturated rings. The Balaban J connectivity index is 1.94. The number of guanidine groups is 1. The molecule has 0 unspecified atom stereocenters. The van der Waals surface area contributed by atoms with Gasteiger partial charge in [0.1, 0.15) is 5.76 Å². The SMILES string of the molecule is CCNC(=NCc1ccc(COC)cc1)NCc1nc(C)c(C)o1. The summed E-state index contributed by atoms with van der Waals surface area (Å²) in [6.07, 6.45) is 0. The molecular weight excluding hydrogens is 304 g/mol. The van der Waals surface area contributed by atoms with E-state index in [2.05, 4.69) is 44.9 Å². The third-order valence-corrected chi connectivity index (χ3v) is 3.58. The summed E-state index contributed by atoms with van der Waals surface area (Å²) in [5.74, 6) is 2.26. The van der Waals surface area contributed by atoms with Crippen LogP contribution in [0.25, 0.3) is 0 Å². The van der Waals surface area contributed by atoms with Crippen LogP contribution in [-0.2, 0) is 24.4 Å². The predicted octanol–water partition coefficient (Wildman–Crippen LogP) is 2.69. The van der Waals surface area contributed by atoms with E-state index in [9.17, 15) is 0 Å². The van der Waals surface area contributed by atoms with Crippen molar-refractivity contribution in [3.8, 4) is 0 Å². The van der Waals surface area contributed by atoms with Gasteiger partial charge in [-0.3, -0.25) is 0 Å². The second-order valence-electron chi connectivity index (χ2n) is 5.55. The molecule has 0 spiro atoms. The zero-order valence-corrected chi connectivity index (χ0v) is 14.8. The van der Waals surface area contributed by atoms with Gasteiger partial charge in [0, 0.05) is 13.7 Å². The number of nitrogens with one attached hydrogen (secondary N) is 2. The third kappa shape index (κ3) is 5.38. The van der Waals surface area contributed by atoms with Gasteiger partial charge >= 0.3 is 0 Å². The molecule has 0 saturated carbocycles. The van der Waals surface area contributed by atoms with Crippen molar-refractivity contribution in [2.75, 3.05) is 13.7 Å². The summed E-state index contributed by atoms with van der Waals surface area (Å²) >= 11 is 0. The molecule has 6 heteroatoms. The fourth-order valence-electron chi connectivity index (χ4n) is 2.19. The number of oxazole rings is 1. The van der Waals surface area contributed by atoms with Crippen LogP contribution >= 0.6 is 0 Å². The highest BCUT2D eigenvalue weighted by molar-refractivity contribution is 5.79. The maximum atomic E-state index is 5.57. The number of benzene rings is 1. The molecule has 1 aromatic carbocycles. The summed E-state index contributed by atoms with van der Waals surface area (Å²) in [7, 11) is 1.70. The number of aryl methyl sites for hydroxylation is 2. The highest BCUT2D eigenvalue weighted by atomic mass is 16.5.